The standard InChI is InChI=1S/C17H24N2O/c18-15-8-6-14(7-9-15)17(10-11-17)16(20)19-12-13-4-2-1-3-5-13/h6-9,13H,1-5,10-12,18H2,(H,19,20). The minimum absolute atomic E-state index is 0.216. The van der Waals surface area contributed by atoms with Gasteiger partial charge in [0.2, 0.25) is 5.91 Å². The molecule has 2 aliphatic carbocycles. The van der Waals surface area contributed by atoms with E-state index in [1.807, 2.05) is 24.3 Å². The highest BCUT2D eigenvalue weighted by Gasteiger charge is 2.51. The largest absolute Gasteiger partial charge is 0.399 e. The number of anilines is 1. The number of benzene rings is 1. The number of hydrogen-bond donors (Lipinski definition) is 2. The second-order valence-electron chi connectivity index (χ2n) is 6.42. The molecule has 0 saturated heterocycles. The zero-order chi connectivity index (χ0) is 14.0. The fourth-order valence-electron chi connectivity index (χ4n) is 3.37. The molecular formula is C17H24N2O. The number of nitrogens with one attached hydrogen (secondary N) is 1. The van der Waals surface area contributed by atoms with E-state index in [0.717, 1.165) is 30.6 Å². The lowest BCUT2D eigenvalue weighted by Gasteiger charge is -2.23. The number of rotatable bonds is 4. The molecule has 0 atom stereocenters. The van der Waals surface area contributed by atoms with Crippen LogP contribution in [0.3, 0.4) is 0 Å². The second kappa shape index (κ2) is 5.47. The van der Waals surface area contributed by atoms with Gasteiger partial charge in [0.1, 0.15) is 0 Å². The maximum atomic E-state index is 12.5. The van der Waals surface area contributed by atoms with E-state index in [2.05, 4.69) is 5.32 Å². The van der Waals surface area contributed by atoms with Crippen molar-refractivity contribution in [2.24, 2.45) is 5.92 Å². The highest BCUT2D eigenvalue weighted by molar-refractivity contribution is 5.91. The summed E-state index contributed by atoms with van der Waals surface area (Å²) in [6.45, 7) is 0.857. The first-order chi connectivity index (χ1) is 9.71. The molecule has 3 heteroatoms. The molecule has 0 radical (unpaired) electrons. The molecule has 3 rings (SSSR count). The van der Waals surface area contributed by atoms with Crippen molar-refractivity contribution in [2.45, 2.75) is 50.4 Å². The molecule has 0 unspecified atom stereocenters. The van der Waals surface area contributed by atoms with Crippen LogP contribution < -0.4 is 11.1 Å². The molecule has 0 heterocycles. The number of carbonyl (C=O) groups excluding carboxylic acids is 1. The monoisotopic (exact) mass is 272 g/mol. The zero-order valence-electron chi connectivity index (χ0n) is 12.0. The van der Waals surface area contributed by atoms with E-state index in [9.17, 15) is 4.79 Å². The number of nitrogens with two attached hydrogens (primary N) is 1. The molecule has 0 spiro atoms. The van der Waals surface area contributed by atoms with Crippen molar-refractivity contribution in [3.63, 3.8) is 0 Å². The van der Waals surface area contributed by atoms with Crippen molar-refractivity contribution in [3.8, 4) is 0 Å². The van der Waals surface area contributed by atoms with Crippen molar-refractivity contribution >= 4 is 11.6 Å². The Bertz CT molecular complexity index is 470. The molecule has 2 fully saturated rings. The maximum absolute atomic E-state index is 12.5. The van der Waals surface area contributed by atoms with E-state index < -0.39 is 0 Å². The smallest absolute Gasteiger partial charge is 0.230 e. The summed E-state index contributed by atoms with van der Waals surface area (Å²) in [7, 11) is 0. The van der Waals surface area contributed by atoms with E-state index in [1.54, 1.807) is 0 Å². The fraction of sp³-hybridized carbons (Fsp3) is 0.588. The Morgan fingerprint density at radius 3 is 2.40 bits per heavy atom. The van der Waals surface area contributed by atoms with Gasteiger partial charge in [-0.15, -0.1) is 0 Å². The van der Waals surface area contributed by atoms with Gasteiger partial charge in [-0.1, -0.05) is 31.4 Å². The van der Waals surface area contributed by atoms with Crippen molar-refractivity contribution in [2.75, 3.05) is 12.3 Å². The van der Waals surface area contributed by atoms with E-state index in [1.165, 1.54) is 32.1 Å². The Balaban J connectivity index is 1.60. The molecule has 2 aliphatic rings. The first kappa shape index (κ1) is 13.5. The van der Waals surface area contributed by atoms with E-state index >= 15 is 0 Å². The molecule has 0 aliphatic heterocycles. The van der Waals surface area contributed by atoms with Crippen LogP contribution in [0.25, 0.3) is 0 Å². The quantitative estimate of drug-likeness (QED) is 0.828. The second-order valence-corrected chi connectivity index (χ2v) is 6.42. The summed E-state index contributed by atoms with van der Waals surface area (Å²) in [6.07, 6.45) is 8.48. The van der Waals surface area contributed by atoms with Gasteiger partial charge >= 0.3 is 0 Å². The molecule has 1 aromatic carbocycles. The molecule has 3 N–H and O–H groups in total. The van der Waals surface area contributed by atoms with Gasteiger partial charge in [-0.25, -0.2) is 0 Å². The van der Waals surface area contributed by atoms with Crippen molar-refractivity contribution in [3.05, 3.63) is 29.8 Å². The van der Waals surface area contributed by atoms with Crippen LogP contribution in [0, 0.1) is 5.92 Å². The van der Waals surface area contributed by atoms with Crippen molar-refractivity contribution < 1.29 is 4.79 Å². The summed E-state index contributed by atoms with van der Waals surface area (Å²) in [5, 5.41) is 3.20. The number of amides is 1. The van der Waals surface area contributed by atoms with Gasteiger partial charge in [0.25, 0.3) is 0 Å². The van der Waals surface area contributed by atoms with Crippen LogP contribution in [0.1, 0.15) is 50.5 Å². The van der Waals surface area contributed by atoms with Gasteiger partial charge < -0.3 is 11.1 Å². The van der Waals surface area contributed by atoms with Gasteiger partial charge in [-0.3, -0.25) is 4.79 Å². The van der Waals surface area contributed by atoms with Crippen LogP contribution in [0.5, 0.6) is 0 Å². The first-order valence-electron chi connectivity index (χ1n) is 7.85. The molecule has 3 nitrogen and oxygen atoms in total. The van der Waals surface area contributed by atoms with E-state index in [4.69, 9.17) is 5.73 Å². The molecule has 2 saturated carbocycles. The molecule has 1 amide bonds. The molecular weight excluding hydrogens is 248 g/mol. The van der Waals surface area contributed by atoms with E-state index in [-0.39, 0.29) is 11.3 Å². The average Bonchev–Trinajstić information content (AvgIpc) is 3.28. The normalized spacial score (nSPS) is 21.4. The molecule has 20 heavy (non-hydrogen) atoms. The first-order valence-corrected chi connectivity index (χ1v) is 7.85. The minimum atomic E-state index is -0.262. The molecule has 108 valence electrons. The number of carbonyl (C=O) groups is 1. The lowest BCUT2D eigenvalue weighted by Crippen LogP contribution is -2.38. The summed E-state index contributed by atoms with van der Waals surface area (Å²) >= 11 is 0. The lowest BCUT2D eigenvalue weighted by molar-refractivity contribution is -0.123. The Hall–Kier alpha value is -1.51. The SMILES string of the molecule is Nc1ccc(C2(C(=O)NCC3CCCCC3)CC2)cc1. The van der Waals surface area contributed by atoms with Crippen LogP contribution in [0.4, 0.5) is 5.69 Å². The van der Waals surface area contributed by atoms with Gasteiger partial charge in [0, 0.05) is 12.2 Å². The third-order valence-electron chi connectivity index (χ3n) is 4.92. The van der Waals surface area contributed by atoms with Gasteiger partial charge in [0.15, 0.2) is 0 Å². The highest BCUT2D eigenvalue weighted by atomic mass is 16.2. The summed E-state index contributed by atoms with van der Waals surface area (Å²) in [6, 6.07) is 7.79. The maximum Gasteiger partial charge on any atom is 0.230 e. The topological polar surface area (TPSA) is 55.1 Å². The fourth-order valence-corrected chi connectivity index (χ4v) is 3.37. The van der Waals surface area contributed by atoms with Crippen LogP contribution in [0.2, 0.25) is 0 Å². The predicted molar refractivity (Wildman–Crippen MR) is 81.4 cm³/mol. The predicted octanol–water partition coefficient (Wildman–Crippen LogP) is 3.00. The van der Waals surface area contributed by atoms with Gasteiger partial charge in [-0.2, -0.15) is 0 Å². The lowest BCUT2D eigenvalue weighted by atomic mass is 9.88. The molecule has 0 bridgehead atoms. The van der Waals surface area contributed by atoms with Gasteiger partial charge in [-0.05, 0) is 49.3 Å². The van der Waals surface area contributed by atoms with Crippen LogP contribution >= 0.6 is 0 Å². The van der Waals surface area contributed by atoms with Gasteiger partial charge in [0.05, 0.1) is 5.41 Å². The Morgan fingerprint density at radius 1 is 1.15 bits per heavy atom. The van der Waals surface area contributed by atoms with Crippen LogP contribution in [-0.4, -0.2) is 12.5 Å². The third-order valence-corrected chi connectivity index (χ3v) is 4.92. The van der Waals surface area contributed by atoms with Crippen LogP contribution in [-0.2, 0) is 10.2 Å². The zero-order valence-corrected chi connectivity index (χ0v) is 12.0. The molecule has 1 aromatic rings. The molecule has 0 aromatic heterocycles. The summed E-state index contributed by atoms with van der Waals surface area (Å²) < 4.78 is 0. The van der Waals surface area contributed by atoms with Crippen molar-refractivity contribution in [1.82, 2.24) is 5.32 Å². The van der Waals surface area contributed by atoms with E-state index in [0.29, 0.717) is 5.92 Å². The summed E-state index contributed by atoms with van der Waals surface area (Å²) in [5.41, 5.74) is 7.34. The Kier molecular flexibility index (Phi) is 3.68. The number of nitrogen functional groups attached to an aromatic ring is 1. The number of hydrogen-bond acceptors (Lipinski definition) is 2. The minimum Gasteiger partial charge on any atom is -0.399 e. The van der Waals surface area contributed by atoms with Crippen LogP contribution in [0.15, 0.2) is 24.3 Å². The van der Waals surface area contributed by atoms with Crippen molar-refractivity contribution in [1.29, 1.82) is 0 Å². The Morgan fingerprint density at radius 2 is 1.80 bits per heavy atom. The highest BCUT2D eigenvalue weighted by Crippen LogP contribution is 2.48. The third kappa shape index (κ3) is 2.67. The average molecular weight is 272 g/mol. The summed E-state index contributed by atoms with van der Waals surface area (Å²) in [5.74, 6) is 0.905. The summed E-state index contributed by atoms with van der Waals surface area (Å²) in [4.78, 5) is 12.5. The Labute approximate surface area is 120 Å².